The molecular formula is C21H22F2O2. The van der Waals surface area contributed by atoms with Crippen LogP contribution in [0.5, 0.6) is 0 Å². The molecule has 2 aliphatic rings. The predicted octanol–water partition coefficient (Wildman–Crippen LogP) is 4.40. The molecule has 2 aromatic rings. The highest BCUT2D eigenvalue weighted by molar-refractivity contribution is 5.83. The molecule has 0 spiro atoms. The Kier molecular flexibility index (Phi) is 6.18. The molecular weight excluding hydrogens is 322 g/mol. The first-order valence-electron chi connectivity index (χ1n) is 8.10. The molecule has 4 rings (SSSR count). The van der Waals surface area contributed by atoms with E-state index >= 15 is 0 Å². The number of fused-ring (bicyclic) bond motifs is 2. The van der Waals surface area contributed by atoms with Gasteiger partial charge >= 0.3 is 0 Å². The van der Waals surface area contributed by atoms with E-state index in [1.807, 2.05) is 6.07 Å². The second kappa shape index (κ2) is 8.15. The zero-order valence-electron chi connectivity index (χ0n) is 13.3. The summed E-state index contributed by atoms with van der Waals surface area (Å²) in [6.07, 6.45) is 3.27. The number of carbonyl (C=O) groups is 2. The van der Waals surface area contributed by atoms with E-state index in [0.717, 1.165) is 28.7 Å². The van der Waals surface area contributed by atoms with Gasteiger partial charge in [0.05, 0.1) is 0 Å². The minimum Gasteiger partial charge on any atom is -0.299 e. The summed E-state index contributed by atoms with van der Waals surface area (Å²) in [5, 5.41) is 0. The molecule has 4 heteroatoms. The first kappa shape index (κ1) is 19.0. The Morgan fingerprint density at radius 2 is 1.40 bits per heavy atom. The van der Waals surface area contributed by atoms with Gasteiger partial charge in [-0.1, -0.05) is 25.6 Å². The molecule has 0 radical (unpaired) electrons. The monoisotopic (exact) mass is 344 g/mol. The summed E-state index contributed by atoms with van der Waals surface area (Å²) in [6.45, 7) is 0. The molecule has 0 heterocycles. The fourth-order valence-electron chi connectivity index (χ4n) is 3.19. The van der Waals surface area contributed by atoms with Gasteiger partial charge in [0, 0.05) is 25.7 Å². The summed E-state index contributed by atoms with van der Waals surface area (Å²) in [5.74, 6) is 0.0182. The standard InChI is InChI=1S/2C10H9FO.CH4/c11-9-3-1-7-2-4-10(12)6-8(7)5-9;11-10-3-1-2-7-6-8(12)4-5-9(7)10;/h1,3,5H,2,4,6H2;1-3H,4-6H2;1H4. The van der Waals surface area contributed by atoms with Gasteiger partial charge in [0.1, 0.15) is 23.2 Å². The highest BCUT2D eigenvalue weighted by Crippen LogP contribution is 2.21. The number of hydrogen-bond donors (Lipinski definition) is 0. The maximum atomic E-state index is 13.1. The van der Waals surface area contributed by atoms with Crippen molar-refractivity contribution >= 4 is 11.6 Å². The minimum absolute atomic E-state index is 0. The van der Waals surface area contributed by atoms with Crippen LogP contribution in [0.3, 0.4) is 0 Å². The molecule has 132 valence electrons. The zero-order chi connectivity index (χ0) is 17.1. The summed E-state index contributed by atoms with van der Waals surface area (Å²) in [4.78, 5) is 22.0. The number of ketones is 2. The molecule has 0 amide bonds. The molecule has 0 fully saturated rings. The smallest absolute Gasteiger partial charge is 0.137 e. The summed E-state index contributed by atoms with van der Waals surface area (Å²) in [5.41, 5.74) is 3.59. The average Bonchev–Trinajstić information content (AvgIpc) is 2.55. The van der Waals surface area contributed by atoms with Crippen LogP contribution in [0, 0.1) is 11.6 Å². The van der Waals surface area contributed by atoms with Gasteiger partial charge in [-0.3, -0.25) is 9.59 Å². The lowest BCUT2D eigenvalue weighted by molar-refractivity contribution is -0.119. The molecule has 2 nitrogen and oxygen atoms in total. The van der Waals surface area contributed by atoms with Gasteiger partial charge < -0.3 is 0 Å². The Labute approximate surface area is 146 Å². The fraction of sp³-hybridized carbons (Fsp3) is 0.333. The molecule has 0 aromatic heterocycles. The van der Waals surface area contributed by atoms with Crippen LogP contribution in [-0.4, -0.2) is 11.6 Å². The van der Waals surface area contributed by atoms with Gasteiger partial charge in [0.25, 0.3) is 0 Å². The van der Waals surface area contributed by atoms with Crippen molar-refractivity contribution in [3.8, 4) is 0 Å². The Balaban J connectivity index is 0.000000173. The van der Waals surface area contributed by atoms with Crippen LogP contribution in [0.1, 0.15) is 42.5 Å². The maximum absolute atomic E-state index is 13.1. The highest BCUT2D eigenvalue weighted by Gasteiger charge is 2.17. The minimum atomic E-state index is -0.247. The Morgan fingerprint density at radius 3 is 2.16 bits per heavy atom. The van der Waals surface area contributed by atoms with E-state index in [2.05, 4.69) is 0 Å². The number of carbonyl (C=O) groups excluding carboxylic acids is 2. The van der Waals surface area contributed by atoms with Crippen LogP contribution in [-0.2, 0) is 35.3 Å². The van der Waals surface area contributed by atoms with E-state index in [-0.39, 0.29) is 30.6 Å². The van der Waals surface area contributed by atoms with Crippen molar-refractivity contribution in [2.45, 2.75) is 46.0 Å². The predicted molar refractivity (Wildman–Crippen MR) is 93.6 cm³/mol. The molecule has 0 unspecified atom stereocenters. The fourth-order valence-corrected chi connectivity index (χ4v) is 3.19. The third kappa shape index (κ3) is 4.59. The number of halogens is 2. The van der Waals surface area contributed by atoms with Crippen LogP contribution in [0.15, 0.2) is 36.4 Å². The molecule has 0 atom stereocenters. The summed E-state index contributed by atoms with van der Waals surface area (Å²) < 4.78 is 25.8. The van der Waals surface area contributed by atoms with E-state index < -0.39 is 0 Å². The van der Waals surface area contributed by atoms with E-state index in [0.29, 0.717) is 32.1 Å². The molecule has 25 heavy (non-hydrogen) atoms. The molecule has 0 saturated carbocycles. The van der Waals surface area contributed by atoms with Crippen LogP contribution in [0.4, 0.5) is 8.78 Å². The van der Waals surface area contributed by atoms with Gasteiger partial charge in [0.15, 0.2) is 0 Å². The first-order valence-corrected chi connectivity index (χ1v) is 8.10. The molecule has 2 aromatic carbocycles. The van der Waals surface area contributed by atoms with Gasteiger partial charge in [0.2, 0.25) is 0 Å². The maximum Gasteiger partial charge on any atom is 0.137 e. The lowest BCUT2D eigenvalue weighted by Crippen LogP contribution is -2.14. The Hall–Kier alpha value is -2.36. The quantitative estimate of drug-likeness (QED) is 0.710. The molecule has 2 aliphatic carbocycles. The van der Waals surface area contributed by atoms with Gasteiger partial charge in [-0.15, -0.1) is 0 Å². The van der Waals surface area contributed by atoms with E-state index in [9.17, 15) is 18.4 Å². The van der Waals surface area contributed by atoms with Crippen LogP contribution in [0.2, 0.25) is 0 Å². The van der Waals surface area contributed by atoms with Crippen molar-refractivity contribution in [1.29, 1.82) is 0 Å². The summed E-state index contributed by atoms with van der Waals surface area (Å²) in [7, 11) is 0. The Morgan fingerprint density at radius 1 is 0.720 bits per heavy atom. The number of Topliss-reactive ketones (excluding diaryl/α,β-unsaturated/α-hetero) is 2. The normalized spacial score (nSPS) is 15.3. The van der Waals surface area contributed by atoms with Crippen LogP contribution >= 0.6 is 0 Å². The van der Waals surface area contributed by atoms with Crippen molar-refractivity contribution in [3.05, 3.63) is 70.3 Å². The van der Waals surface area contributed by atoms with E-state index in [1.165, 1.54) is 18.2 Å². The average molecular weight is 344 g/mol. The zero-order valence-corrected chi connectivity index (χ0v) is 13.3. The Bertz CT molecular complexity index is 788. The molecule has 0 N–H and O–H groups in total. The van der Waals surface area contributed by atoms with Crippen molar-refractivity contribution < 1.29 is 18.4 Å². The van der Waals surface area contributed by atoms with E-state index in [4.69, 9.17) is 0 Å². The third-order valence-electron chi connectivity index (χ3n) is 4.49. The van der Waals surface area contributed by atoms with Crippen molar-refractivity contribution in [2.24, 2.45) is 0 Å². The van der Waals surface area contributed by atoms with Crippen molar-refractivity contribution in [1.82, 2.24) is 0 Å². The third-order valence-corrected chi connectivity index (χ3v) is 4.49. The van der Waals surface area contributed by atoms with Gasteiger partial charge in [-0.2, -0.15) is 0 Å². The number of rotatable bonds is 0. The number of hydrogen-bond acceptors (Lipinski definition) is 2. The lowest BCUT2D eigenvalue weighted by atomic mass is 9.91. The molecule has 0 aliphatic heterocycles. The lowest BCUT2D eigenvalue weighted by Gasteiger charge is -2.14. The topological polar surface area (TPSA) is 34.1 Å². The molecule has 0 saturated heterocycles. The largest absolute Gasteiger partial charge is 0.299 e. The first-order chi connectivity index (χ1) is 11.5. The van der Waals surface area contributed by atoms with Crippen LogP contribution in [0.25, 0.3) is 0 Å². The van der Waals surface area contributed by atoms with Gasteiger partial charge in [-0.05, 0) is 53.3 Å². The highest BCUT2D eigenvalue weighted by atomic mass is 19.1. The number of aryl methyl sites for hydroxylation is 1. The molecule has 0 bridgehead atoms. The van der Waals surface area contributed by atoms with Crippen molar-refractivity contribution in [2.75, 3.05) is 0 Å². The van der Waals surface area contributed by atoms with E-state index in [1.54, 1.807) is 12.1 Å². The second-order valence-corrected chi connectivity index (χ2v) is 6.22. The van der Waals surface area contributed by atoms with Crippen molar-refractivity contribution in [3.63, 3.8) is 0 Å². The van der Waals surface area contributed by atoms with Gasteiger partial charge in [-0.25, -0.2) is 8.78 Å². The summed E-state index contributed by atoms with van der Waals surface area (Å²) in [6, 6.07) is 9.63. The SMILES string of the molecule is C.O=C1CCc2c(F)cccc2C1.O=C1CCc2ccc(F)cc2C1. The second-order valence-electron chi connectivity index (χ2n) is 6.22. The number of benzene rings is 2. The summed E-state index contributed by atoms with van der Waals surface area (Å²) >= 11 is 0. The van der Waals surface area contributed by atoms with Crippen LogP contribution < -0.4 is 0 Å².